The molecule has 0 fully saturated rings. The lowest BCUT2D eigenvalue weighted by Gasteiger charge is -2.27. The van der Waals surface area contributed by atoms with Gasteiger partial charge in [-0.15, -0.1) is 0 Å². The van der Waals surface area contributed by atoms with Crippen LogP contribution in [-0.4, -0.2) is 27.6 Å². The van der Waals surface area contributed by atoms with Gasteiger partial charge in [0.1, 0.15) is 11.9 Å². The van der Waals surface area contributed by atoms with E-state index in [4.69, 9.17) is 86.6 Å². The molecule has 0 radical (unpaired) electrons. The number of carbonyl (C=O) groups excluding carboxylic acids is 1. The van der Waals surface area contributed by atoms with Crippen LogP contribution in [0, 0.1) is 0 Å². The number of ether oxygens (including phenoxy) is 1. The predicted molar refractivity (Wildman–Crippen MR) is 125 cm³/mol. The molecule has 5 nitrogen and oxygen atoms in total. The molecule has 2 rings (SSSR count). The maximum Gasteiger partial charge on any atom is 0.259 e. The highest BCUT2D eigenvalue weighted by atomic mass is 35.6. The van der Waals surface area contributed by atoms with Gasteiger partial charge in [0.2, 0.25) is 3.79 Å². The van der Waals surface area contributed by atoms with Crippen molar-refractivity contribution in [1.82, 2.24) is 10.6 Å². The quantitative estimate of drug-likeness (QED) is 0.247. The van der Waals surface area contributed by atoms with Gasteiger partial charge in [-0.25, -0.2) is 0 Å². The van der Waals surface area contributed by atoms with Crippen molar-refractivity contribution in [2.45, 2.75) is 9.96 Å². The number of anilines is 1. The van der Waals surface area contributed by atoms with Crippen molar-refractivity contribution in [2.75, 3.05) is 11.9 Å². The van der Waals surface area contributed by atoms with E-state index in [0.717, 1.165) is 0 Å². The Morgan fingerprint density at radius 1 is 1.00 bits per heavy atom. The largest absolute Gasteiger partial charge is 0.482 e. The summed E-state index contributed by atoms with van der Waals surface area (Å²) in [6.07, 6.45) is -1.14. The molecule has 1 atom stereocenters. The molecule has 0 bridgehead atoms. The van der Waals surface area contributed by atoms with E-state index < -0.39 is 15.9 Å². The first-order valence-electron chi connectivity index (χ1n) is 7.81. The van der Waals surface area contributed by atoms with Crippen LogP contribution < -0.4 is 20.7 Å². The standard InChI is InChI=1S/C17H13Cl6N3O2S/c18-9-1-4-11(5-2-9)24-16(29)26-15(17(21,22)23)25-14(27)8-28-13-6-3-10(19)7-12(13)20/h1-7,15H,8H2,(H,25,27)(H2,24,26,29)/t15-/m0/s1. The van der Waals surface area contributed by atoms with Crippen LogP contribution in [0.3, 0.4) is 0 Å². The number of rotatable bonds is 6. The minimum absolute atomic E-state index is 0.116. The molecule has 0 saturated heterocycles. The molecule has 0 aliphatic carbocycles. The Kier molecular flexibility index (Phi) is 9.22. The number of hydrogen-bond donors (Lipinski definition) is 3. The van der Waals surface area contributed by atoms with Gasteiger partial charge in [0, 0.05) is 15.7 Å². The number of carbonyl (C=O) groups is 1. The highest BCUT2D eigenvalue weighted by Gasteiger charge is 2.34. The van der Waals surface area contributed by atoms with E-state index in [0.29, 0.717) is 15.7 Å². The van der Waals surface area contributed by atoms with Crippen LogP contribution in [0.15, 0.2) is 42.5 Å². The van der Waals surface area contributed by atoms with E-state index in [1.807, 2.05) is 0 Å². The molecule has 0 unspecified atom stereocenters. The molecule has 2 aromatic carbocycles. The van der Waals surface area contributed by atoms with Gasteiger partial charge < -0.3 is 20.7 Å². The summed E-state index contributed by atoms with van der Waals surface area (Å²) in [6.45, 7) is -0.377. The van der Waals surface area contributed by atoms with Crippen LogP contribution in [0.25, 0.3) is 0 Å². The molecule has 12 heteroatoms. The molecule has 0 spiro atoms. The molecule has 1 amide bonds. The summed E-state index contributed by atoms with van der Waals surface area (Å²) in [5.41, 5.74) is 0.655. The summed E-state index contributed by atoms with van der Waals surface area (Å²) in [5, 5.41) is 9.50. The highest BCUT2D eigenvalue weighted by molar-refractivity contribution is 7.80. The number of hydrogen-bond acceptors (Lipinski definition) is 3. The monoisotopic (exact) mass is 533 g/mol. The third kappa shape index (κ3) is 8.42. The van der Waals surface area contributed by atoms with Gasteiger partial charge >= 0.3 is 0 Å². The third-order valence-electron chi connectivity index (χ3n) is 3.26. The Balaban J connectivity index is 1.94. The molecule has 0 aromatic heterocycles. The first-order valence-corrected chi connectivity index (χ1v) is 10.5. The van der Waals surface area contributed by atoms with Gasteiger partial charge in [0.25, 0.3) is 5.91 Å². The highest BCUT2D eigenvalue weighted by Crippen LogP contribution is 2.30. The van der Waals surface area contributed by atoms with Gasteiger partial charge in [-0.3, -0.25) is 4.79 Å². The van der Waals surface area contributed by atoms with Gasteiger partial charge in [0.05, 0.1) is 5.02 Å². The zero-order valence-corrected chi connectivity index (χ0v) is 19.7. The van der Waals surface area contributed by atoms with E-state index in [1.54, 1.807) is 30.3 Å². The van der Waals surface area contributed by atoms with Crippen LogP contribution in [0.2, 0.25) is 15.1 Å². The minimum Gasteiger partial charge on any atom is -0.482 e. The second-order valence-corrected chi connectivity index (χ2v) is 9.57. The van der Waals surface area contributed by atoms with Crippen molar-refractivity contribution >= 4 is 98.5 Å². The number of alkyl halides is 3. The number of benzene rings is 2. The lowest BCUT2D eigenvalue weighted by molar-refractivity contribution is -0.123. The second-order valence-electron chi connectivity index (χ2n) is 5.51. The van der Waals surface area contributed by atoms with Crippen LogP contribution in [0.4, 0.5) is 5.69 Å². The van der Waals surface area contributed by atoms with Crippen molar-refractivity contribution in [1.29, 1.82) is 0 Å². The molecule has 0 heterocycles. The molecular weight excluding hydrogens is 523 g/mol. The Morgan fingerprint density at radius 3 is 2.21 bits per heavy atom. The average Bonchev–Trinajstić information content (AvgIpc) is 2.61. The Labute approximate surface area is 202 Å². The smallest absolute Gasteiger partial charge is 0.259 e. The predicted octanol–water partition coefficient (Wildman–Crippen LogP) is 5.82. The summed E-state index contributed by atoms with van der Waals surface area (Å²) >= 11 is 40.7. The molecule has 0 aliphatic heterocycles. The fourth-order valence-electron chi connectivity index (χ4n) is 1.97. The summed E-state index contributed by atoms with van der Waals surface area (Å²) < 4.78 is 3.45. The number of halogens is 6. The Morgan fingerprint density at radius 2 is 1.62 bits per heavy atom. The molecular formula is C17H13Cl6N3O2S. The maximum atomic E-state index is 12.2. The van der Waals surface area contributed by atoms with E-state index in [-0.39, 0.29) is 22.5 Å². The lowest BCUT2D eigenvalue weighted by atomic mass is 10.3. The molecule has 0 saturated carbocycles. The van der Waals surface area contributed by atoms with Gasteiger partial charge in [-0.05, 0) is 54.7 Å². The Bertz CT molecular complexity index is 876. The molecule has 0 aliphatic rings. The van der Waals surface area contributed by atoms with Crippen LogP contribution in [0.5, 0.6) is 5.75 Å². The fourth-order valence-corrected chi connectivity index (χ4v) is 3.12. The second kappa shape index (κ2) is 11.0. The topological polar surface area (TPSA) is 62.4 Å². The number of thiocarbonyl (C=S) groups is 1. The molecule has 156 valence electrons. The minimum atomic E-state index is -1.90. The lowest BCUT2D eigenvalue weighted by Crippen LogP contribution is -2.56. The van der Waals surface area contributed by atoms with Crippen LogP contribution in [-0.2, 0) is 4.79 Å². The first-order chi connectivity index (χ1) is 13.5. The number of amides is 1. The van der Waals surface area contributed by atoms with E-state index in [2.05, 4.69) is 16.0 Å². The molecule has 2 aromatic rings. The van der Waals surface area contributed by atoms with Crippen molar-refractivity contribution in [3.8, 4) is 5.75 Å². The zero-order valence-electron chi connectivity index (χ0n) is 14.3. The van der Waals surface area contributed by atoms with Gasteiger partial charge in [-0.2, -0.15) is 0 Å². The van der Waals surface area contributed by atoms with Crippen LogP contribution in [0.1, 0.15) is 0 Å². The summed E-state index contributed by atoms with van der Waals surface area (Å²) in [5.74, 6) is -0.293. The maximum absolute atomic E-state index is 12.2. The summed E-state index contributed by atoms with van der Waals surface area (Å²) in [4.78, 5) is 12.2. The van der Waals surface area contributed by atoms with Crippen molar-refractivity contribution in [3.05, 3.63) is 57.5 Å². The third-order valence-corrected chi connectivity index (χ3v) is 4.92. The Hall–Kier alpha value is -0.860. The fraction of sp³-hybridized carbons (Fsp3) is 0.176. The van der Waals surface area contributed by atoms with Gasteiger partial charge in [0.15, 0.2) is 11.7 Å². The van der Waals surface area contributed by atoms with Crippen LogP contribution >= 0.6 is 81.8 Å². The number of nitrogens with one attached hydrogen (secondary N) is 3. The van der Waals surface area contributed by atoms with Crippen molar-refractivity contribution < 1.29 is 9.53 Å². The van der Waals surface area contributed by atoms with E-state index in [1.165, 1.54) is 12.1 Å². The summed E-state index contributed by atoms with van der Waals surface area (Å²) in [7, 11) is 0. The molecule has 29 heavy (non-hydrogen) atoms. The SMILES string of the molecule is O=C(COc1ccc(Cl)cc1Cl)N[C@@H](NC(=S)Nc1ccc(Cl)cc1)C(Cl)(Cl)Cl. The van der Waals surface area contributed by atoms with E-state index in [9.17, 15) is 4.79 Å². The molecule has 3 N–H and O–H groups in total. The van der Waals surface area contributed by atoms with Gasteiger partial charge in [-0.1, -0.05) is 69.6 Å². The first kappa shape index (κ1) is 24.4. The summed E-state index contributed by atoms with van der Waals surface area (Å²) in [6, 6.07) is 11.4. The van der Waals surface area contributed by atoms with E-state index >= 15 is 0 Å². The normalized spacial score (nSPS) is 12.1. The average molecular weight is 536 g/mol. The zero-order chi connectivity index (χ0) is 21.6. The van der Waals surface area contributed by atoms with Crippen molar-refractivity contribution in [2.24, 2.45) is 0 Å². The van der Waals surface area contributed by atoms with Crippen molar-refractivity contribution in [3.63, 3.8) is 0 Å².